The summed E-state index contributed by atoms with van der Waals surface area (Å²) in [6, 6.07) is 17.7. The third-order valence-electron chi connectivity index (χ3n) is 8.88. The van der Waals surface area contributed by atoms with Gasteiger partial charge in [0.05, 0.1) is 12.1 Å². The largest absolute Gasteiger partial charge is 0.379 e. The zero-order chi connectivity index (χ0) is 31.9. The Morgan fingerprint density at radius 2 is 1.22 bits per heavy atom. The van der Waals surface area contributed by atoms with E-state index in [9.17, 15) is 0 Å². The summed E-state index contributed by atoms with van der Waals surface area (Å²) in [6.45, 7) is 14.2. The molecule has 0 radical (unpaired) electrons. The molecule has 0 saturated carbocycles. The summed E-state index contributed by atoms with van der Waals surface area (Å²) in [7, 11) is 0. The van der Waals surface area contributed by atoms with Crippen LogP contribution in [0.25, 0.3) is 10.9 Å². The van der Waals surface area contributed by atoms with Crippen molar-refractivity contribution in [3.63, 3.8) is 0 Å². The van der Waals surface area contributed by atoms with Crippen LogP contribution in [0.3, 0.4) is 0 Å². The normalized spacial score (nSPS) is 21.9. The number of para-hydroxylation sites is 1. The van der Waals surface area contributed by atoms with Gasteiger partial charge >= 0.3 is 0 Å². The van der Waals surface area contributed by atoms with Gasteiger partial charge in [0.2, 0.25) is 0 Å². The van der Waals surface area contributed by atoms with Crippen LogP contribution in [0.5, 0.6) is 0 Å². The van der Waals surface area contributed by atoms with Crippen molar-refractivity contribution in [1.82, 2.24) is 4.57 Å². The molecule has 0 bridgehead atoms. The van der Waals surface area contributed by atoms with Gasteiger partial charge in [-0.1, -0.05) is 103 Å². The van der Waals surface area contributed by atoms with Crippen molar-refractivity contribution >= 4 is 10.9 Å². The first-order valence-electron chi connectivity index (χ1n) is 17.9. The Morgan fingerprint density at radius 3 is 1.87 bits per heavy atom. The highest BCUT2D eigenvalue weighted by molar-refractivity contribution is 5.84. The molecule has 6 heteroatoms. The SMILES string of the molecule is CCCCOCC1OC(n2cc(Cc3ccc(CC)cc3)c3ccccc32)[C@H](OCCCC)C(OCCCC)[C@@H]1OCCCC. The maximum absolute atomic E-state index is 7.09. The molecule has 1 aromatic heterocycles. The van der Waals surface area contributed by atoms with Gasteiger partial charge in [-0.2, -0.15) is 0 Å². The zero-order valence-corrected chi connectivity index (χ0v) is 28.7. The Bertz CT molecular complexity index is 1220. The Labute approximate surface area is 272 Å². The van der Waals surface area contributed by atoms with Gasteiger partial charge in [-0.05, 0) is 61.3 Å². The van der Waals surface area contributed by atoms with Gasteiger partial charge in [-0.15, -0.1) is 0 Å². The molecule has 5 atom stereocenters. The van der Waals surface area contributed by atoms with Crippen LogP contribution in [-0.4, -0.2) is 62.0 Å². The van der Waals surface area contributed by atoms with Crippen molar-refractivity contribution in [2.24, 2.45) is 0 Å². The molecule has 1 saturated heterocycles. The zero-order valence-electron chi connectivity index (χ0n) is 28.7. The number of rotatable bonds is 21. The van der Waals surface area contributed by atoms with Gasteiger partial charge in [0.15, 0.2) is 6.23 Å². The predicted octanol–water partition coefficient (Wildman–Crippen LogP) is 9.06. The number of ether oxygens (including phenoxy) is 5. The van der Waals surface area contributed by atoms with Crippen LogP contribution in [0.15, 0.2) is 54.7 Å². The van der Waals surface area contributed by atoms with E-state index < -0.39 is 0 Å². The number of hydrogen-bond donors (Lipinski definition) is 0. The molecule has 45 heavy (non-hydrogen) atoms. The molecule has 0 aliphatic carbocycles. The van der Waals surface area contributed by atoms with Crippen LogP contribution in [0.2, 0.25) is 0 Å². The lowest BCUT2D eigenvalue weighted by atomic mass is 9.96. The summed E-state index contributed by atoms with van der Waals surface area (Å²) in [5.41, 5.74) is 5.10. The minimum Gasteiger partial charge on any atom is -0.379 e. The van der Waals surface area contributed by atoms with E-state index in [0.29, 0.717) is 33.0 Å². The number of nitrogens with zero attached hydrogens (tertiary/aromatic N) is 1. The van der Waals surface area contributed by atoms with E-state index in [1.807, 2.05) is 0 Å². The Morgan fingerprint density at radius 1 is 0.644 bits per heavy atom. The number of hydrogen-bond acceptors (Lipinski definition) is 5. The highest BCUT2D eigenvalue weighted by Gasteiger charge is 2.49. The average molecular weight is 622 g/mol. The molecule has 0 amide bonds. The number of aromatic nitrogens is 1. The fraction of sp³-hybridized carbons (Fsp3) is 0.641. The van der Waals surface area contributed by atoms with Crippen molar-refractivity contribution in [3.8, 4) is 0 Å². The number of unbranched alkanes of at least 4 members (excludes halogenated alkanes) is 4. The third-order valence-corrected chi connectivity index (χ3v) is 8.88. The Hall–Kier alpha value is -2.22. The molecule has 1 fully saturated rings. The number of fused-ring (bicyclic) bond motifs is 1. The monoisotopic (exact) mass is 621 g/mol. The van der Waals surface area contributed by atoms with Crippen molar-refractivity contribution in [2.45, 2.75) is 129 Å². The van der Waals surface area contributed by atoms with E-state index in [2.05, 4.69) is 93.9 Å². The first kappa shape index (κ1) is 35.6. The molecule has 6 nitrogen and oxygen atoms in total. The molecule has 1 aliphatic rings. The molecule has 2 aromatic carbocycles. The standard InChI is InChI=1S/C39H59NO5/c1-6-11-23-41-29-35-36(42-24-12-7-2)37(43-25-13-8-3)38(44-26-14-9-4)39(45-35)40-28-32(33-17-15-16-18-34(33)40)27-31-21-19-30(10-5)20-22-31/h15-22,28,35-39H,6-14,23-27,29H2,1-5H3/t35?,36-,37?,38-,39?/m1/s1. The Kier molecular flexibility index (Phi) is 15.4. The van der Waals surface area contributed by atoms with E-state index in [1.165, 1.54) is 22.1 Å². The van der Waals surface area contributed by atoms with Gasteiger partial charge in [0.25, 0.3) is 0 Å². The van der Waals surface area contributed by atoms with E-state index in [1.54, 1.807) is 0 Å². The van der Waals surface area contributed by atoms with E-state index in [-0.39, 0.29) is 30.6 Å². The van der Waals surface area contributed by atoms with Crippen LogP contribution in [0.1, 0.15) is 109 Å². The summed E-state index contributed by atoms with van der Waals surface area (Å²) in [5, 5.41) is 1.24. The summed E-state index contributed by atoms with van der Waals surface area (Å²) < 4.78 is 35.8. The average Bonchev–Trinajstić information content (AvgIpc) is 3.43. The van der Waals surface area contributed by atoms with E-state index in [4.69, 9.17) is 23.7 Å². The van der Waals surface area contributed by atoms with Gasteiger partial charge in [0.1, 0.15) is 24.4 Å². The molecular weight excluding hydrogens is 562 g/mol. The maximum Gasteiger partial charge on any atom is 0.163 e. The van der Waals surface area contributed by atoms with Crippen molar-refractivity contribution in [2.75, 3.05) is 33.0 Å². The third kappa shape index (κ3) is 9.89. The fourth-order valence-corrected chi connectivity index (χ4v) is 6.10. The van der Waals surface area contributed by atoms with Crippen LogP contribution in [0, 0.1) is 0 Å². The lowest BCUT2D eigenvalue weighted by molar-refractivity contribution is -0.283. The highest BCUT2D eigenvalue weighted by Crippen LogP contribution is 2.38. The summed E-state index contributed by atoms with van der Waals surface area (Å²) in [5.74, 6) is 0. The van der Waals surface area contributed by atoms with Crippen LogP contribution < -0.4 is 0 Å². The first-order valence-corrected chi connectivity index (χ1v) is 17.9. The van der Waals surface area contributed by atoms with E-state index >= 15 is 0 Å². The quantitative estimate of drug-likeness (QED) is 0.111. The molecule has 2 heterocycles. The van der Waals surface area contributed by atoms with Gasteiger partial charge < -0.3 is 28.3 Å². The number of benzene rings is 2. The second-order valence-electron chi connectivity index (χ2n) is 12.5. The lowest BCUT2D eigenvalue weighted by Gasteiger charge is -2.46. The summed E-state index contributed by atoms with van der Waals surface area (Å²) in [6.07, 6.45) is 11.0. The van der Waals surface area contributed by atoms with Crippen molar-refractivity contribution in [3.05, 3.63) is 71.4 Å². The summed E-state index contributed by atoms with van der Waals surface area (Å²) in [4.78, 5) is 0. The maximum atomic E-state index is 7.09. The van der Waals surface area contributed by atoms with Crippen LogP contribution >= 0.6 is 0 Å². The van der Waals surface area contributed by atoms with Gasteiger partial charge in [-0.25, -0.2) is 0 Å². The molecule has 4 rings (SSSR count). The van der Waals surface area contributed by atoms with E-state index in [0.717, 1.165) is 69.7 Å². The van der Waals surface area contributed by atoms with Crippen molar-refractivity contribution < 1.29 is 23.7 Å². The second kappa shape index (κ2) is 19.4. The molecular formula is C39H59NO5. The van der Waals surface area contributed by atoms with Crippen LogP contribution in [-0.2, 0) is 36.5 Å². The topological polar surface area (TPSA) is 51.1 Å². The lowest BCUT2D eigenvalue weighted by Crippen LogP contribution is -2.59. The smallest absolute Gasteiger partial charge is 0.163 e. The number of aryl methyl sites for hydroxylation is 1. The molecule has 250 valence electrons. The molecule has 0 spiro atoms. The van der Waals surface area contributed by atoms with Crippen molar-refractivity contribution in [1.29, 1.82) is 0 Å². The second-order valence-corrected chi connectivity index (χ2v) is 12.5. The van der Waals surface area contributed by atoms with Gasteiger partial charge in [0, 0.05) is 38.0 Å². The highest BCUT2D eigenvalue weighted by atomic mass is 16.6. The van der Waals surface area contributed by atoms with Gasteiger partial charge in [-0.3, -0.25) is 0 Å². The fourth-order valence-electron chi connectivity index (χ4n) is 6.10. The molecule has 3 unspecified atom stereocenters. The first-order chi connectivity index (χ1) is 22.1. The summed E-state index contributed by atoms with van der Waals surface area (Å²) >= 11 is 0. The molecule has 3 aromatic rings. The van der Waals surface area contributed by atoms with Crippen LogP contribution in [0.4, 0.5) is 0 Å². The minimum atomic E-state index is -0.375. The predicted molar refractivity (Wildman–Crippen MR) is 184 cm³/mol. The molecule has 1 aliphatic heterocycles. The Balaban J connectivity index is 1.74. The minimum absolute atomic E-state index is 0.267. The molecule has 0 N–H and O–H groups in total.